The first kappa shape index (κ1) is 11.0. The van der Waals surface area contributed by atoms with E-state index in [0.29, 0.717) is 19.5 Å². The largest absolute Gasteiger partial charge is 0.393 e. The van der Waals surface area contributed by atoms with Gasteiger partial charge in [-0.3, -0.25) is 4.79 Å². The molecule has 1 aliphatic rings. The fourth-order valence-electron chi connectivity index (χ4n) is 1.60. The van der Waals surface area contributed by atoms with Crippen LogP contribution in [0.2, 0.25) is 0 Å². The molecule has 1 amide bonds. The first-order valence-corrected chi connectivity index (χ1v) is 5.79. The molecule has 1 saturated heterocycles. The summed E-state index contributed by atoms with van der Waals surface area (Å²) in [6.45, 7) is 3.39. The Bertz CT molecular complexity index is 186. The summed E-state index contributed by atoms with van der Waals surface area (Å²) in [5.74, 6) is 0.406. The summed E-state index contributed by atoms with van der Waals surface area (Å²) in [5.41, 5.74) is 0. The van der Waals surface area contributed by atoms with Gasteiger partial charge in [0.1, 0.15) is 0 Å². The highest BCUT2D eigenvalue weighted by Gasteiger charge is 2.26. The summed E-state index contributed by atoms with van der Waals surface area (Å²) in [4.78, 5) is 13.3. The van der Waals surface area contributed by atoms with Gasteiger partial charge in [-0.05, 0) is 12.3 Å². The van der Waals surface area contributed by atoms with E-state index >= 15 is 0 Å². The van der Waals surface area contributed by atoms with E-state index in [0.717, 1.165) is 11.8 Å². The maximum Gasteiger partial charge on any atom is 0.223 e. The van der Waals surface area contributed by atoms with Crippen LogP contribution in [0.3, 0.4) is 0 Å². The molecule has 2 unspecified atom stereocenters. The molecular weight excluding hydrogens is 234 g/mol. The predicted octanol–water partition coefficient (Wildman–Crippen LogP) is 1.00. The third kappa shape index (κ3) is 2.95. The van der Waals surface area contributed by atoms with Crippen molar-refractivity contribution in [1.29, 1.82) is 0 Å². The fourth-order valence-corrected chi connectivity index (χ4v) is 1.94. The van der Waals surface area contributed by atoms with Crippen LogP contribution in [0.15, 0.2) is 0 Å². The maximum atomic E-state index is 11.5. The van der Waals surface area contributed by atoms with Crippen molar-refractivity contribution in [3.63, 3.8) is 0 Å². The van der Waals surface area contributed by atoms with Crippen molar-refractivity contribution in [1.82, 2.24) is 4.90 Å². The molecule has 0 spiro atoms. The number of carbonyl (C=O) groups excluding carboxylic acids is 1. The molecule has 3 nitrogen and oxygen atoms in total. The van der Waals surface area contributed by atoms with Crippen molar-refractivity contribution < 1.29 is 9.90 Å². The molecule has 0 aromatic carbocycles. The van der Waals surface area contributed by atoms with Gasteiger partial charge in [0, 0.05) is 24.8 Å². The van der Waals surface area contributed by atoms with Crippen molar-refractivity contribution in [3.05, 3.63) is 0 Å². The van der Waals surface area contributed by atoms with Crippen LogP contribution >= 0.6 is 15.9 Å². The summed E-state index contributed by atoms with van der Waals surface area (Å²) >= 11 is 3.25. The van der Waals surface area contributed by atoms with Gasteiger partial charge in [-0.25, -0.2) is 0 Å². The molecule has 0 aromatic heterocycles. The Labute approximate surface area is 87.2 Å². The highest BCUT2D eigenvalue weighted by Crippen LogP contribution is 2.17. The molecule has 1 rings (SSSR count). The van der Waals surface area contributed by atoms with Gasteiger partial charge in [-0.15, -0.1) is 0 Å². The number of rotatable bonds is 2. The van der Waals surface area contributed by atoms with Crippen molar-refractivity contribution in [2.45, 2.75) is 25.9 Å². The van der Waals surface area contributed by atoms with Crippen LogP contribution in [0.4, 0.5) is 0 Å². The van der Waals surface area contributed by atoms with Crippen LogP contribution in [0.1, 0.15) is 19.8 Å². The topological polar surface area (TPSA) is 40.5 Å². The second kappa shape index (κ2) is 4.96. The van der Waals surface area contributed by atoms with Crippen molar-refractivity contribution in [3.8, 4) is 0 Å². The van der Waals surface area contributed by atoms with E-state index in [4.69, 9.17) is 0 Å². The Balaban J connectivity index is 2.40. The zero-order valence-electron chi connectivity index (χ0n) is 7.87. The van der Waals surface area contributed by atoms with E-state index in [2.05, 4.69) is 15.9 Å². The van der Waals surface area contributed by atoms with Crippen LogP contribution in [0, 0.1) is 5.92 Å². The number of alkyl halides is 1. The van der Waals surface area contributed by atoms with Crippen molar-refractivity contribution >= 4 is 21.8 Å². The number of likely N-dealkylation sites (tertiary alicyclic amines) is 1. The Morgan fingerprint density at radius 2 is 2.38 bits per heavy atom. The van der Waals surface area contributed by atoms with Gasteiger partial charge in [-0.1, -0.05) is 22.9 Å². The predicted molar refractivity (Wildman–Crippen MR) is 54.8 cm³/mol. The Kier molecular flexibility index (Phi) is 4.19. The normalized spacial score (nSPS) is 29.0. The van der Waals surface area contributed by atoms with E-state index in [1.54, 1.807) is 0 Å². The van der Waals surface area contributed by atoms with Gasteiger partial charge in [0.05, 0.1) is 6.10 Å². The van der Waals surface area contributed by atoms with Gasteiger partial charge >= 0.3 is 0 Å². The molecule has 0 saturated carbocycles. The van der Waals surface area contributed by atoms with Crippen LogP contribution in [-0.2, 0) is 4.79 Å². The van der Waals surface area contributed by atoms with Gasteiger partial charge in [0.2, 0.25) is 5.91 Å². The molecule has 76 valence electrons. The van der Waals surface area contributed by atoms with Crippen molar-refractivity contribution in [2.24, 2.45) is 5.92 Å². The summed E-state index contributed by atoms with van der Waals surface area (Å²) in [6.07, 6.45) is 1.05. The Hall–Kier alpha value is -0.0900. The number of hydrogen-bond acceptors (Lipinski definition) is 2. The smallest absolute Gasteiger partial charge is 0.223 e. The Morgan fingerprint density at radius 1 is 1.69 bits per heavy atom. The second-order valence-electron chi connectivity index (χ2n) is 3.61. The number of aliphatic hydroxyl groups is 1. The third-order valence-corrected chi connectivity index (χ3v) is 2.92. The van der Waals surface area contributed by atoms with E-state index in [1.165, 1.54) is 0 Å². The van der Waals surface area contributed by atoms with Crippen molar-refractivity contribution in [2.75, 3.05) is 18.4 Å². The standard InChI is InChI=1S/C9H16BrNO2/c1-7-6-11(5-3-8(7)12)9(13)2-4-10/h7-8,12H,2-6H2,1H3. The maximum absolute atomic E-state index is 11.5. The number of carbonyl (C=O) groups is 1. The molecule has 4 heteroatoms. The number of halogens is 1. The van der Waals surface area contributed by atoms with Crippen LogP contribution in [0.25, 0.3) is 0 Å². The zero-order valence-corrected chi connectivity index (χ0v) is 9.46. The first-order valence-electron chi connectivity index (χ1n) is 4.67. The first-order chi connectivity index (χ1) is 6.15. The highest BCUT2D eigenvalue weighted by molar-refractivity contribution is 9.09. The third-order valence-electron chi connectivity index (χ3n) is 2.52. The fraction of sp³-hybridized carbons (Fsp3) is 0.889. The lowest BCUT2D eigenvalue weighted by Gasteiger charge is -2.34. The van der Waals surface area contributed by atoms with Crippen LogP contribution in [0.5, 0.6) is 0 Å². The lowest BCUT2D eigenvalue weighted by molar-refractivity contribution is -0.134. The highest BCUT2D eigenvalue weighted by atomic mass is 79.9. The molecule has 1 aliphatic heterocycles. The molecule has 0 aromatic rings. The summed E-state index contributed by atoms with van der Waals surface area (Å²) in [5, 5.41) is 10.2. The van der Waals surface area contributed by atoms with E-state index in [1.807, 2.05) is 11.8 Å². The van der Waals surface area contributed by atoms with Gasteiger partial charge < -0.3 is 10.0 Å². The summed E-state index contributed by atoms with van der Waals surface area (Å²) < 4.78 is 0. The molecule has 1 N–H and O–H groups in total. The second-order valence-corrected chi connectivity index (χ2v) is 4.41. The molecule has 0 radical (unpaired) electrons. The van der Waals surface area contributed by atoms with E-state index in [-0.39, 0.29) is 17.9 Å². The number of amides is 1. The minimum Gasteiger partial charge on any atom is -0.393 e. The average molecular weight is 250 g/mol. The molecule has 0 aliphatic carbocycles. The monoisotopic (exact) mass is 249 g/mol. The number of aliphatic hydroxyl groups excluding tert-OH is 1. The van der Waals surface area contributed by atoms with Gasteiger partial charge in [0.25, 0.3) is 0 Å². The molecule has 1 fully saturated rings. The summed E-state index contributed by atoms with van der Waals surface area (Å²) in [6, 6.07) is 0. The van der Waals surface area contributed by atoms with Gasteiger partial charge in [-0.2, -0.15) is 0 Å². The van der Waals surface area contributed by atoms with E-state index in [9.17, 15) is 9.90 Å². The molecular formula is C9H16BrNO2. The van der Waals surface area contributed by atoms with Crippen LogP contribution in [-0.4, -0.2) is 40.4 Å². The SMILES string of the molecule is CC1CN(C(=O)CCBr)CCC1O. The molecule has 0 bridgehead atoms. The Morgan fingerprint density at radius 3 is 2.92 bits per heavy atom. The number of nitrogens with zero attached hydrogens (tertiary/aromatic N) is 1. The minimum absolute atomic E-state index is 0.190. The number of piperidine rings is 1. The molecule has 2 atom stereocenters. The average Bonchev–Trinajstić information content (AvgIpc) is 2.10. The molecule has 13 heavy (non-hydrogen) atoms. The molecule has 1 heterocycles. The lowest BCUT2D eigenvalue weighted by Crippen LogP contribution is -2.44. The van der Waals surface area contributed by atoms with Gasteiger partial charge in [0.15, 0.2) is 0 Å². The quantitative estimate of drug-likeness (QED) is 0.743. The lowest BCUT2D eigenvalue weighted by atomic mass is 9.96. The van der Waals surface area contributed by atoms with E-state index < -0.39 is 0 Å². The number of hydrogen-bond donors (Lipinski definition) is 1. The zero-order chi connectivity index (χ0) is 9.84. The minimum atomic E-state index is -0.229. The summed E-state index contributed by atoms with van der Waals surface area (Å²) in [7, 11) is 0. The van der Waals surface area contributed by atoms with Crippen LogP contribution < -0.4 is 0 Å².